The highest BCUT2D eigenvalue weighted by atomic mass is 16.4. The van der Waals surface area contributed by atoms with Crippen LogP contribution in [-0.2, 0) is 21.5 Å². The number of hydrogen-bond acceptors (Lipinski definition) is 4. The number of piperidine rings is 1. The first-order chi connectivity index (χ1) is 13.9. The minimum absolute atomic E-state index is 0.0472. The lowest BCUT2D eigenvalue weighted by Crippen LogP contribution is -2.44. The van der Waals surface area contributed by atoms with Crippen LogP contribution in [0, 0.1) is 0 Å². The Hall–Kier alpha value is -2.96. The van der Waals surface area contributed by atoms with E-state index in [1.807, 2.05) is 6.07 Å². The van der Waals surface area contributed by atoms with Gasteiger partial charge in [0, 0.05) is 24.1 Å². The van der Waals surface area contributed by atoms with Crippen LogP contribution in [0.3, 0.4) is 0 Å². The van der Waals surface area contributed by atoms with Gasteiger partial charge in [-0.1, -0.05) is 60.7 Å². The third-order valence-corrected chi connectivity index (χ3v) is 5.12. The summed E-state index contributed by atoms with van der Waals surface area (Å²) in [6, 6.07) is 21.1. The standard InChI is InChI=1S/C19H23NO.C4H4O4/c21-16-19(18-9-5-2-6-10-18)11-13-20(14-12-19)15-17-7-3-1-4-8-17;5-3(6)1-2-4(7)8/h1-10,21H,11-16H2;1-2H,(H,5,6)(H,7,8)/b;2-1-. The van der Waals surface area contributed by atoms with Crippen LogP contribution in [-0.4, -0.2) is 51.9 Å². The minimum atomic E-state index is -1.26. The van der Waals surface area contributed by atoms with Crippen molar-refractivity contribution in [2.75, 3.05) is 19.7 Å². The Labute approximate surface area is 170 Å². The van der Waals surface area contributed by atoms with E-state index >= 15 is 0 Å². The van der Waals surface area contributed by atoms with Gasteiger partial charge in [0.2, 0.25) is 0 Å². The van der Waals surface area contributed by atoms with Crippen LogP contribution in [0.1, 0.15) is 24.0 Å². The highest BCUT2D eigenvalue weighted by Gasteiger charge is 2.35. The molecule has 1 fully saturated rings. The summed E-state index contributed by atoms with van der Waals surface area (Å²) in [5, 5.41) is 25.6. The normalized spacial score (nSPS) is 16.0. The molecule has 3 N–H and O–H groups in total. The number of benzene rings is 2. The third kappa shape index (κ3) is 7.18. The van der Waals surface area contributed by atoms with Gasteiger partial charge in [-0.25, -0.2) is 9.59 Å². The van der Waals surface area contributed by atoms with Gasteiger partial charge in [0.25, 0.3) is 0 Å². The number of carbonyl (C=O) groups is 2. The summed E-state index contributed by atoms with van der Waals surface area (Å²) in [7, 11) is 0. The van der Waals surface area contributed by atoms with Gasteiger partial charge >= 0.3 is 11.9 Å². The quantitative estimate of drug-likeness (QED) is 0.649. The van der Waals surface area contributed by atoms with Gasteiger partial charge in [0.1, 0.15) is 0 Å². The molecule has 6 nitrogen and oxygen atoms in total. The number of aliphatic carboxylic acids is 2. The molecule has 1 aliphatic heterocycles. The Morgan fingerprint density at radius 1 is 0.862 bits per heavy atom. The molecule has 6 heteroatoms. The van der Waals surface area contributed by atoms with Gasteiger partial charge in [-0.3, -0.25) is 4.90 Å². The molecule has 0 saturated carbocycles. The Morgan fingerprint density at radius 3 is 1.79 bits per heavy atom. The number of nitrogens with zero attached hydrogens (tertiary/aromatic N) is 1. The molecular formula is C23H27NO5. The number of aliphatic hydroxyl groups is 1. The summed E-state index contributed by atoms with van der Waals surface area (Å²) in [6.07, 6.45) is 3.17. The first-order valence-corrected chi connectivity index (χ1v) is 9.52. The number of carboxylic acids is 2. The molecule has 0 radical (unpaired) electrons. The number of carboxylic acid groups (broad SMARTS) is 2. The lowest BCUT2D eigenvalue weighted by Gasteiger charge is -2.41. The first kappa shape index (κ1) is 22.3. The van der Waals surface area contributed by atoms with Crippen LogP contribution >= 0.6 is 0 Å². The maximum atomic E-state index is 9.95. The first-order valence-electron chi connectivity index (χ1n) is 9.52. The van der Waals surface area contributed by atoms with Crippen LogP contribution < -0.4 is 0 Å². The van der Waals surface area contributed by atoms with E-state index in [2.05, 4.69) is 59.5 Å². The molecule has 29 heavy (non-hydrogen) atoms. The average molecular weight is 397 g/mol. The zero-order chi connectivity index (χ0) is 21.1. The molecule has 0 bridgehead atoms. The molecule has 0 aromatic heterocycles. The van der Waals surface area contributed by atoms with Crippen molar-refractivity contribution in [1.82, 2.24) is 4.90 Å². The van der Waals surface area contributed by atoms with E-state index in [0.29, 0.717) is 12.2 Å². The smallest absolute Gasteiger partial charge is 0.328 e. The van der Waals surface area contributed by atoms with E-state index in [1.54, 1.807) is 0 Å². The van der Waals surface area contributed by atoms with Crippen LogP contribution in [0.2, 0.25) is 0 Å². The van der Waals surface area contributed by atoms with Crippen molar-refractivity contribution in [3.05, 3.63) is 83.9 Å². The van der Waals surface area contributed by atoms with Crippen LogP contribution in [0.15, 0.2) is 72.8 Å². The predicted molar refractivity (Wildman–Crippen MR) is 111 cm³/mol. The summed E-state index contributed by atoms with van der Waals surface area (Å²) in [5.41, 5.74) is 2.61. The van der Waals surface area contributed by atoms with Gasteiger partial charge in [0.05, 0.1) is 6.61 Å². The van der Waals surface area contributed by atoms with Crippen LogP contribution in [0.5, 0.6) is 0 Å². The zero-order valence-electron chi connectivity index (χ0n) is 16.3. The molecule has 1 aliphatic rings. The Kier molecular flexibility index (Phi) is 8.58. The van der Waals surface area contributed by atoms with Gasteiger partial charge in [-0.05, 0) is 37.1 Å². The fourth-order valence-electron chi connectivity index (χ4n) is 3.45. The van der Waals surface area contributed by atoms with Gasteiger partial charge in [-0.2, -0.15) is 0 Å². The van der Waals surface area contributed by atoms with Gasteiger partial charge in [0.15, 0.2) is 0 Å². The lowest BCUT2D eigenvalue weighted by atomic mass is 9.73. The summed E-state index contributed by atoms with van der Waals surface area (Å²) in [4.78, 5) is 21.6. The maximum Gasteiger partial charge on any atom is 0.328 e. The molecule has 0 atom stereocenters. The number of aliphatic hydroxyl groups excluding tert-OH is 1. The van der Waals surface area contributed by atoms with Crippen molar-refractivity contribution >= 4 is 11.9 Å². The summed E-state index contributed by atoms with van der Waals surface area (Å²) >= 11 is 0. The molecule has 0 unspecified atom stereocenters. The van der Waals surface area contributed by atoms with Crippen molar-refractivity contribution in [3.8, 4) is 0 Å². The summed E-state index contributed by atoms with van der Waals surface area (Å²) in [6.45, 7) is 3.35. The van der Waals surface area contributed by atoms with E-state index in [1.165, 1.54) is 11.1 Å². The number of likely N-dealkylation sites (tertiary alicyclic amines) is 1. The Bertz CT molecular complexity index is 781. The van der Waals surface area contributed by atoms with Crippen LogP contribution in [0.25, 0.3) is 0 Å². The second-order valence-corrected chi connectivity index (χ2v) is 7.08. The van der Waals surface area contributed by atoms with Crippen molar-refractivity contribution in [1.29, 1.82) is 0 Å². The largest absolute Gasteiger partial charge is 0.478 e. The van der Waals surface area contributed by atoms with E-state index in [4.69, 9.17) is 10.2 Å². The second kappa shape index (κ2) is 11.1. The van der Waals surface area contributed by atoms with E-state index < -0.39 is 11.9 Å². The second-order valence-electron chi connectivity index (χ2n) is 7.08. The molecule has 1 heterocycles. The van der Waals surface area contributed by atoms with Crippen molar-refractivity contribution in [2.24, 2.45) is 0 Å². The van der Waals surface area contributed by atoms with Crippen molar-refractivity contribution in [3.63, 3.8) is 0 Å². The summed E-state index contributed by atoms with van der Waals surface area (Å²) in [5.74, 6) is -2.51. The molecule has 1 saturated heterocycles. The zero-order valence-corrected chi connectivity index (χ0v) is 16.3. The average Bonchev–Trinajstić information content (AvgIpc) is 2.75. The Balaban J connectivity index is 0.000000321. The molecule has 0 amide bonds. The van der Waals surface area contributed by atoms with E-state index in [0.717, 1.165) is 32.5 Å². The van der Waals surface area contributed by atoms with Gasteiger partial charge in [-0.15, -0.1) is 0 Å². The van der Waals surface area contributed by atoms with Gasteiger partial charge < -0.3 is 15.3 Å². The molecule has 2 aromatic carbocycles. The SMILES string of the molecule is O=C(O)/C=C\C(=O)O.OCC1(c2ccccc2)CCN(Cc2ccccc2)CC1. The molecule has 0 aliphatic carbocycles. The van der Waals surface area contributed by atoms with E-state index in [-0.39, 0.29) is 12.0 Å². The highest BCUT2D eigenvalue weighted by Crippen LogP contribution is 2.35. The predicted octanol–water partition coefficient (Wildman–Crippen LogP) is 2.92. The van der Waals surface area contributed by atoms with Crippen molar-refractivity contribution in [2.45, 2.75) is 24.8 Å². The fraction of sp³-hybridized carbons (Fsp3) is 0.304. The molecule has 154 valence electrons. The summed E-state index contributed by atoms with van der Waals surface area (Å²) < 4.78 is 0. The van der Waals surface area contributed by atoms with Crippen LogP contribution in [0.4, 0.5) is 0 Å². The van der Waals surface area contributed by atoms with Crippen molar-refractivity contribution < 1.29 is 24.9 Å². The fourth-order valence-corrected chi connectivity index (χ4v) is 3.45. The number of hydrogen-bond donors (Lipinski definition) is 3. The maximum absolute atomic E-state index is 9.95. The Morgan fingerprint density at radius 2 is 1.34 bits per heavy atom. The molecule has 0 spiro atoms. The monoisotopic (exact) mass is 397 g/mol. The molecular weight excluding hydrogens is 370 g/mol. The molecule has 3 rings (SSSR count). The third-order valence-electron chi connectivity index (χ3n) is 5.12. The van der Waals surface area contributed by atoms with E-state index in [9.17, 15) is 14.7 Å². The molecule has 2 aromatic rings. The lowest BCUT2D eigenvalue weighted by molar-refractivity contribution is -0.134. The topological polar surface area (TPSA) is 98.1 Å². The number of rotatable bonds is 6. The highest BCUT2D eigenvalue weighted by molar-refractivity contribution is 5.89. The minimum Gasteiger partial charge on any atom is -0.478 e.